The number of rotatable bonds is 15. The molecule has 3 atom stereocenters. The van der Waals surface area contributed by atoms with Crippen LogP contribution < -0.4 is 5.73 Å². The molecule has 0 aromatic rings. The van der Waals surface area contributed by atoms with Gasteiger partial charge < -0.3 is 10.8 Å². The summed E-state index contributed by atoms with van der Waals surface area (Å²) in [5.41, 5.74) is 12.0. The maximum absolute atomic E-state index is 12.1. The zero-order valence-electron chi connectivity index (χ0n) is 25.1. The lowest BCUT2D eigenvalue weighted by Crippen LogP contribution is -2.23. The highest BCUT2D eigenvalue weighted by Gasteiger charge is 2.49. The van der Waals surface area contributed by atoms with Crippen LogP contribution in [0.5, 0.6) is 0 Å². The summed E-state index contributed by atoms with van der Waals surface area (Å²) in [5, 5.41) is 9.02. The summed E-state index contributed by atoms with van der Waals surface area (Å²) in [4.78, 5) is 12.1. The van der Waals surface area contributed by atoms with Gasteiger partial charge in [-0.2, -0.15) is 0 Å². The van der Waals surface area contributed by atoms with Gasteiger partial charge in [-0.05, 0) is 107 Å². The monoisotopic (exact) mass is 509 g/mol. The van der Waals surface area contributed by atoms with Crippen molar-refractivity contribution in [1.82, 2.24) is 0 Å². The summed E-state index contributed by atoms with van der Waals surface area (Å²) in [6, 6.07) is 0. The van der Waals surface area contributed by atoms with Gasteiger partial charge in [-0.3, -0.25) is 4.79 Å². The van der Waals surface area contributed by atoms with Gasteiger partial charge in [0.25, 0.3) is 0 Å². The van der Waals surface area contributed by atoms with Crippen molar-refractivity contribution in [3.63, 3.8) is 0 Å². The minimum Gasteiger partial charge on any atom is -0.405 e. The molecule has 1 aliphatic carbocycles. The second kappa shape index (κ2) is 18.0. The lowest BCUT2D eigenvalue weighted by Gasteiger charge is -2.25. The molecule has 0 amide bonds. The molecular weight excluding hydrogens is 454 g/mol. The summed E-state index contributed by atoms with van der Waals surface area (Å²) < 4.78 is 0. The van der Waals surface area contributed by atoms with Crippen LogP contribution in [0.3, 0.4) is 0 Å². The van der Waals surface area contributed by atoms with Gasteiger partial charge in [0.15, 0.2) is 0 Å². The standard InChI is InChI=1S/C21H33NO.C13H22O/c1-6-8-18(19(11-15-22)16(3)4)10-12-21(13-14-21)20(9-7-2)17(5)23;1-6-10(2)7-8-11(3)13(5)12(4)9-14/h6,8,11,15,20H,1,7,9-10,12-14,22H2,2-5H3;6-8,12-14H,1,9H2,2-5H3/b15-11-,18-8-;10-7-,11-8+/t20-;/m1./s1. The van der Waals surface area contributed by atoms with Crippen LogP contribution in [0, 0.1) is 23.2 Å². The molecule has 0 aromatic heterocycles. The lowest BCUT2D eigenvalue weighted by molar-refractivity contribution is -0.123. The van der Waals surface area contributed by atoms with E-state index in [0.717, 1.165) is 31.3 Å². The zero-order chi connectivity index (χ0) is 28.6. The van der Waals surface area contributed by atoms with Gasteiger partial charge in [0.2, 0.25) is 0 Å². The van der Waals surface area contributed by atoms with Crippen LogP contribution in [-0.2, 0) is 4.79 Å². The summed E-state index contributed by atoms with van der Waals surface area (Å²) in [6.45, 7) is 24.3. The first-order valence-electron chi connectivity index (χ1n) is 13.9. The van der Waals surface area contributed by atoms with E-state index in [4.69, 9.17) is 10.8 Å². The molecule has 37 heavy (non-hydrogen) atoms. The second-order valence-corrected chi connectivity index (χ2v) is 11.0. The van der Waals surface area contributed by atoms with E-state index < -0.39 is 0 Å². The largest absolute Gasteiger partial charge is 0.405 e. The maximum Gasteiger partial charge on any atom is 0.133 e. The van der Waals surface area contributed by atoms with Crippen LogP contribution in [-0.4, -0.2) is 17.5 Å². The quantitative estimate of drug-likeness (QED) is 0.217. The summed E-state index contributed by atoms with van der Waals surface area (Å²) in [5.74, 6) is 1.35. The van der Waals surface area contributed by atoms with E-state index in [0.29, 0.717) is 17.6 Å². The van der Waals surface area contributed by atoms with E-state index >= 15 is 0 Å². The fourth-order valence-corrected chi connectivity index (χ4v) is 4.78. The third-order valence-electron chi connectivity index (χ3n) is 7.85. The van der Waals surface area contributed by atoms with E-state index in [-0.39, 0.29) is 17.9 Å². The molecular formula is C34H55NO2. The normalized spacial score (nSPS) is 17.8. The number of ketones is 1. The first-order chi connectivity index (χ1) is 17.4. The average molecular weight is 510 g/mol. The van der Waals surface area contributed by atoms with Crippen molar-refractivity contribution in [2.45, 2.75) is 93.9 Å². The van der Waals surface area contributed by atoms with Crippen LogP contribution in [0.25, 0.3) is 0 Å². The topological polar surface area (TPSA) is 63.3 Å². The summed E-state index contributed by atoms with van der Waals surface area (Å²) in [7, 11) is 0. The van der Waals surface area contributed by atoms with Crippen molar-refractivity contribution in [2.24, 2.45) is 28.9 Å². The second-order valence-electron chi connectivity index (χ2n) is 11.0. The van der Waals surface area contributed by atoms with E-state index in [9.17, 15) is 4.79 Å². The Hall–Kier alpha value is -2.39. The van der Waals surface area contributed by atoms with Crippen molar-refractivity contribution >= 4 is 5.78 Å². The Morgan fingerprint density at radius 2 is 1.68 bits per heavy atom. The molecule has 1 saturated carbocycles. The maximum atomic E-state index is 12.1. The van der Waals surface area contributed by atoms with E-state index in [2.05, 4.69) is 72.9 Å². The smallest absolute Gasteiger partial charge is 0.133 e. The van der Waals surface area contributed by atoms with E-state index in [1.165, 1.54) is 35.1 Å². The van der Waals surface area contributed by atoms with Gasteiger partial charge in [-0.25, -0.2) is 0 Å². The molecule has 0 aromatic carbocycles. The highest BCUT2D eigenvalue weighted by Crippen LogP contribution is 2.57. The van der Waals surface area contributed by atoms with Gasteiger partial charge in [0, 0.05) is 12.5 Å². The molecule has 3 heteroatoms. The Morgan fingerprint density at radius 3 is 2.08 bits per heavy atom. The Kier molecular flexibility index (Phi) is 16.8. The number of nitrogens with two attached hydrogens (primary N) is 1. The van der Waals surface area contributed by atoms with Crippen molar-refractivity contribution in [3.05, 3.63) is 83.7 Å². The van der Waals surface area contributed by atoms with Gasteiger partial charge in [0.1, 0.15) is 5.78 Å². The molecule has 0 saturated heterocycles. The Morgan fingerprint density at radius 1 is 1.05 bits per heavy atom. The number of allylic oxidation sites excluding steroid dienone is 11. The molecule has 3 nitrogen and oxygen atoms in total. The number of hydrogen-bond acceptors (Lipinski definition) is 3. The molecule has 0 aliphatic heterocycles. The van der Waals surface area contributed by atoms with Crippen molar-refractivity contribution in [2.75, 3.05) is 6.61 Å². The summed E-state index contributed by atoms with van der Waals surface area (Å²) in [6.07, 6.45) is 20.0. The number of Topliss-reactive ketones (excluding diaryl/α,β-unsaturated/α-hetero) is 1. The molecule has 0 bridgehead atoms. The van der Waals surface area contributed by atoms with Gasteiger partial charge in [-0.1, -0.05) is 87.4 Å². The van der Waals surface area contributed by atoms with Crippen LogP contribution >= 0.6 is 0 Å². The molecule has 1 rings (SSSR count). The Labute approximate surface area is 228 Å². The first kappa shape index (κ1) is 34.6. The van der Waals surface area contributed by atoms with E-state index in [1.54, 1.807) is 13.1 Å². The van der Waals surface area contributed by atoms with Gasteiger partial charge in [-0.15, -0.1) is 0 Å². The Bertz CT molecular complexity index is 889. The fourth-order valence-electron chi connectivity index (χ4n) is 4.78. The predicted octanol–water partition coefficient (Wildman–Crippen LogP) is 8.80. The first-order valence-corrected chi connectivity index (χ1v) is 13.9. The molecule has 3 N–H and O–H groups in total. The van der Waals surface area contributed by atoms with Crippen LogP contribution in [0.4, 0.5) is 0 Å². The molecule has 0 heterocycles. The third-order valence-corrected chi connectivity index (χ3v) is 7.85. The SMILES string of the molecule is C=C/C(C)=C\C=C(/C)C(C)C(C)CO.C=C/C=C(/CCC1([C@H](CCC)C(C)=O)CC1)C(/C=C\N)=C(C)C. The van der Waals surface area contributed by atoms with Crippen LogP contribution in [0.1, 0.15) is 93.9 Å². The summed E-state index contributed by atoms with van der Waals surface area (Å²) >= 11 is 0. The Balaban J connectivity index is 0.000000795. The van der Waals surface area contributed by atoms with E-state index in [1.807, 2.05) is 25.2 Å². The number of aliphatic hydroxyl groups is 1. The average Bonchev–Trinajstić information content (AvgIpc) is 3.66. The van der Waals surface area contributed by atoms with Crippen molar-refractivity contribution < 1.29 is 9.90 Å². The van der Waals surface area contributed by atoms with Crippen LogP contribution in [0.2, 0.25) is 0 Å². The molecule has 2 unspecified atom stereocenters. The molecule has 1 aliphatic rings. The zero-order valence-corrected chi connectivity index (χ0v) is 25.1. The highest BCUT2D eigenvalue weighted by atomic mass is 16.3. The minimum absolute atomic E-state index is 0.234. The van der Waals surface area contributed by atoms with Crippen molar-refractivity contribution in [3.8, 4) is 0 Å². The van der Waals surface area contributed by atoms with Gasteiger partial charge in [0.05, 0.1) is 0 Å². The third kappa shape index (κ3) is 12.1. The molecule has 1 fully saturated rings. The molecule has 208 valence electrons. The molecule has 0 spiro atoms. The van der Waals surface area contributed by atoms with Gasteiger partial charge >= 0.3 is 0 Å². The van der Waals surface area contributed by atoms with Crippen LogP contribution in [0.15, 0.2) is 83.7 Å². The lowest BCUT2D eigenvalue weighted by atomic mass is 9.78. The number of hydrogen-bond donors (Lipinski definition) is 2. The number of carbonyl (C=O) groups is 1. The highest BCUT2D eigenvalue weighted by molar-refractivity contribution is 5.79. The predicted molar refractivity (Wildman–Crippen MR) is 163 cm³/mol. The number of aliphatic hydroxyl groups excluding tert-OH is 1. The molecule has 0 radical (unpaired) electrons. The fraction of sp³-hybridized carbons (Fsp3) is 0.559. The van der Waals surface area contributed by atoms with Crippen molar-refractivity contribution in [1.29, 1.82) is 0 Å². The number of carbonyl (C=O) groups excluding carboxylic acids is 1. The minimum atomic E-state index is 0.234.